The van der Waals surface area contributed by atoms with Gasteiger partial charge in [0.05, 0.1) is 0 Å². The maximum atomic E-state index is 7.94. The van der Waals surface area contributed by atoms with Crippen molar-refractivity contribution in [3.8, 4) is 0 Å². The molecule has 0 aromatic rings. The maximum absolute atomic E-state index is 7.94. The first kappa shape index (κ1) is 11.6. The van der Waals surface area contributed by atoms with Gasteiger partial charge in [0.25, 0.3) is 5.97 Å². The topological polar surface area (TPSA) is 60.7 Å². The lowest BCUT2D eigenvalue weighted by molar-refractivity contribution is -0.312. The normalized spacial score (nSPS) is 10.0. The largest absolute Gasteiger partial charge is 0.344 e. The van der Waals surface area contributed by atoms with Crippen LogP contribution in [0.5, 0.6) is 0 Å². The van der Waals surface area contributed by atoms with E-state index in [2.05, 4.69) is 13.8 Å². The molecule has 0 aliphatic carbocycles. The summed E-state index contributed by atoms with van der Waals surface area (Å²) in [4.78, 5) is 0. The molecular weight excluding hydrogens is 120 g/mol. The van der Waals surface area contributed by atoms with Crippen molar-refractivity contribution in [3.63, 3.8) is 0 Å². The van der Waals surface area contributed by atoms with E-state index in [0.29, 0.717) is 0 Å². The van der Waals surface area contributed by atoms with E-state index in [-0.39, 0.29) is 6.42 Å². The molecule has 58 valence electrons. The summed E-state index contributed by atoms with van der Waals surface area (Å²) >= 11 is 0. The van der Waals surface area contributed by atoms with Gasteiger partial charge in [0.2, 0.25) is 0 Å². The summed E-state index contributed by atoms with van der Waals surface area (Å²) in [5.41, 5.74) is 0. The summed E-state index contributed by atoms with van der Waals surface area (Å²) in [6.07, 6.45) is 1.19. The van der Waals surface area contributed by atoms with Crippen molar-refractivity contribution in [1.82, 2.24) is 0 Å². The highest BCUT2D eigenvalue weighted by molar-refractivity contribution is 4.35. The molecule has 0 rings (SSSR count). The number of aliphatic hydroxyl groups is 3. The Kier molecular flexibility index (Phi) is 7.77. The van der Waals surface area contributed by atoms with Gasteiger partial charge in [-0.3, -0.25) is 0 Å². The molecule has 0 fully saturated rings. The molecule has 0 saturated carbocycles. The molecule has 0 atom stereocenters. The molecule has 3 N–H and O–H groups in total. The van der Waals surface area contributed by atoms with Crippen LogP contribution in [0.15, 0.2) is 0 Å². The molecule has 0 bridgehead atoms. The zero-order valence-corrected chi connectivity index (χ0v) is 6.26. The van der Waals surface area contributed by atoms with E-state index in [1.807, 2.05) is 0 Å². The highest BCUT2D eigenvalue weighted by Gasteiger charge is 2.11. The molecule has 0 amide bonds. The van der Waals surface area contributed by atoms with Crippen molar-refractivity contribution in [3.05, 3.63) is 0 Å². The molecule has 0 spiro atoms. The van der Waals surface area contributed by atoms with Crippen molar-refractivity contribution in [1.29, 1.82) is 0 Å². The summed E-state index contributed by atoms with van der Waals surface area (Å²) in [5.74, 6) is -2.46. The fourth-order valence-electron chi connectivity index (χ4n) is 0. The van der Waals surface area contributed by atoms with Crippen LogP contribution in [0, 0.1) is 0 Å². The van der Waals surface area contributed by atoms with Gasteiger partial charge in [0.15, 0.2) is 0 Å². The summed E-state index contributed by atoms with van der Waals surface area (Å²) in [7, 11) is 0. The SMILES string of the molecule is CCC.CCC(O)(O)O. The molecule has 0 aliphatic rings. The first-order chi connectivity index (χ1) is 3.97. The monoisotopic (exact) mass is 136 g/mol. The minimum absolute atomic E-state index is 0.0625. The molecule has 0 unspecified atom stereocenters. The second-order valence-electron chi connectivity index (χ2n) is 1.84. The zero-order valence-electron chi connectivity index (χ0n) is 6.26. The Morgan fingerprint density at radius 1 is 1.00 bits per heavy atom. The third-order valence-electron chi connectivity index (χ3n) is 0.474. The van der Waals surface area contributed by atoms with Crippen LogP contribution in [-0.4, -0.2) is 21.3 Å². The molecule has 0 aliphatic heterocycles. The summed E-state index contributed by atoms with van der Waals surface area (Å²) < 4.78 is 0. The van der Waals surface area contributed by atoms with Crippen LogP contribution in [0.25, 0.3) is 0 Å². The standard InChI is InChI=1S/C3H8O3.C3H8/c1-2-3(4,5)6;1-3-2/h4-6H,2H2,1H3;3H2,1-2H3. The van der Waals surface area contributed by atoms with E-state index in [9.17, 15) is 0 Å². The van der Waals surface area contributed by atoms with E-state index in [0.717, 1.165) is 0 Å². The molecule has 0 aromatic heterocycles. The van der Waals surface area contributed by atoms with Gasteiger partial charge < -0.3 is 15.3 Å². The van der Waals surface area contributed by atoms with Gasteiger partial charge >= 0.3 is 0 Å². The molecule has 0 saturated heterocycles. The van der Waals surface area contributed by atoms with Gasteiger partial charge in [-0.2, -0.15) is 0 Å². The van der Waals surface area contributed by atoms with Gasteiger partial charge in [-0.15, -0.1) is 0 Å². The van der Waals surface area contributed by atoms with Crippen LogP contribution in [0.2, 0.25) is 0 Å². The van der Waals surface area contributed by atoms with Gasteiger partial charge in [-0.25, -0.2) is 0 Å². The highest BCUT2D eigenvalue weighted by Crippen LogP contribution is 1.95. The maximum Gasteiger partial charge on any atom is 0.274 e. The number of rotatable bonds is 1. The van der Waals surface area contributed by atoms with Crippen molar-refractivity contribution in [2.45, 2.75) is 39.6 Å². The van der Waals surface area contributed by atoms with E-state index in [1.54, 1.807) is 0 Å². The first-order valence-corrected chi connectivity index (χ1v) is 3.15. The molecule has 3 nitrogen and oxygen atoms in total. The lowest BCUT2D eigenvalue weighted by Gasteiger charge is -2.08. The Labute approximate surface area is 56.0 Å². The van der Waals surface area contributed by atoms with E-state index in [1.165, 1.54) is 13.3 Å². The Morgan fingerprint density at radius 3 is 1.11 bits per heavy atom. The lowest BCUT2D eigenvalue weighted by atomic mass is 10.4. The lowest BCUT2D eigenvalue weighted by Crippen LogP contribution is -2.24. The van der Waals surface area contributed by atoms with E-state index < -0.39 is 5.97 Å². The summed E-state index contributed by atoms with van der Waals surface area (Å²) in [6, 6.07) is 0. The third-order valence-corrected chi connectivity index (χ3v) is 0.474. The predicted octanol–water partition coefficient (Wildman–Crippen LogP) is 0.443. The molecule has 0 aromatic carbocycles. The average Bonchev–Trinajstić information content (AvgIpc) is 1.67. The zero-order chi connectivity index (χ0) is 7.91. The van der Waals surface area contributed by atoms with Crippen LogP contribution in [0.4, 0.5) is 0 Å². The Balaban J connectivity index is 0. The average molecular weight is 136 g/mol. The quantitative estimate of drug-likeness (QED) is 0.458. The molecule has 0 radical (unpaired) electrons. The molecule has 0 heterocycles. The van der Waals surface area contributed by atoms with Crippen molar-refractivity contribution >= 4 is 0 Å². The fourth-order valence-corrected chi connectivity index (χ4v) is 0. The first-order valence-electron chi connectivity index (χ1n) is 3.15. The predicted molar refractivity (Wildman–Crippen MR) is 35.6 cm³/mol. The van der Waals surface area contributed by atoms with Gasteiger partial charge in [-0.05, 0) is 0 Å². The fraction of sp³-hybridized carbons (Fsp3) is 1.00. The molecule has 9 heavy (non-hydrogen) atoms. The van der Waals surface area contributed by atoms with Crippen LogP contribution in [0.3, 0.4) is 0 Å². The molecule has 3 heteroatoms. The number of hydrogen-bond donors (Lipinski definition) is 3. The van der Waals surface area contributed by atoms with Crippen molar-refractivity contribution < 1.29 is 15.3 Å². The van der Waals surface area contributed by atoms with Gasteiger partial charge in [0.1, 0.15) is 0 Å². The van der Waals surface area contributed by atoms with Crippen LogP contribution < -0.4 is 0 Å². The van der Waals surface area contributed by atoms with Crippen molar-refractivity contribution in [2.75, 3.05) is 0 Å². The van der Waals surface area contributed by atoms with E-state index in [4.69, 9.17) is 15.3 Å². The minimum atomic E-state index is -2.46. The highest BCUT2D eigenvalue weighted by atomic mass is 16.7. The second kappa shape index (κ2) is 6.01. The van der Waals surface area contributed by atoms with Gasteiger partial charge in [0, 0.05) is 6.42 Å². The third kappa shape index (κ3) is 32.8. The van der Waals surface area contributed by atoms with Gasteiger partial charge in [-0.1, -0.05) is 27.2 Å². The Morgan fingerprint density at radius 2 is 1.11 bits per heavy atom. The van der Waals surface area contributed by atoms with E-state index >= 15 is 0 Å². The van der Waals surface area contributed by atoms with Crippen LogP contribution >= 0.6 is 0 Å². The van der Waals surface area contributed by atoms with Crippen molar-refractivity contribution in [2.24, 2.45) is 0 Å². The summed E-state index contributed by atoms with van der Waals surface area (Å²) in [5, 5.41) is 23.8. The smallest absolute Gasteiger partial charge is 0.274 e. The number of hydrogen-bond acceptors (Lipinski definition) is 3. The Bertz CT molecular complexity index is 46.8. The van der Waals surface area contributed by atoms with Crippen LogP contribution in [0.1, 0.15) is 33.6 Å². The second-order valence-corrected chi connectivity index (χ2v) is 1.84. The Hall–Kier alpha value is -0.120. The van der Waals surface area contributed by atoms with Crippen LogP contribution in [-0.2, 0) is 0 Å². The molecular formula is C6H16O3. The minimum Gasteiger partial charge on any atom is -0.344 e. The summed E-state index contributed by atoms with van der Waals surface area (Å²) in [6.45, 7) is 5.71.